The molecule has 0 aromatic heterocycles. The van der Waals surface area contributed by atoms with E-state index in [4.69, 9.17) is 0 Å². The van der Waals surface area contributed by atoms with E-state index in [1.165, 1.54) is 5.57 Å². The number of hydrogen-bond acceptors (Lipinski definition) is 1. The van der Waals surface area contributed by atoms with E-state index in [1.807, 2.05) is 13.1 Å². The molecule has 0 unspecified atom stereocenters. The zero-order valence-corrected chi connectivity index (χ0v) is 13.4. The predicted molar refractivity (Wildman–Crippen MR) is 84.1 cm³/mol. The molecule has 0 radical (unpaired) electrons. The summed E-state index contributed by atoms with van der Waals surface area (Å²) in [5.41, 5.74) is 4.51. The van der Waals surface area contributed by atoms with E-state index in [0.717, 1.165) is 16.8 Å². The molecule has 0 heterocycles. The fraction of sp³-hybridized carbons (Fsp3) is 0.588. The van der Waals surface area contributed by atoms with E-state index in [-0.39, 0.29) is 10.8 Å². The van der Waals surface area contributed by atoms with Crippen molar-refractivity contribution in [3.05, 3.63) is 35.6 Å². The normalized spacial score (nSPS) is 14.7. The monoisotopic (exact) mass is 247 g/mol. The van der Waals surface area contributed by atoms with Crippen LogP contribution in [0.25, 0.3) is 0 Å². The van der Waals surface area contributed by atoms with Gasteiger partial charge in [0.15, 0.2) is 0 Å². The van der Waals surface area contributed by atoms with Crippen LogP contribution in [0.1, 0.15) is 55.4 Å². The lowest BCUT2D eigenvalue weighted by atomic mass is 9.83. The van der Waals surface area contributed by atoms with E-state index in [1.54, 1.807) is 0 Å². The van der Waals surface area contributed by atoms with Crippen LogP contribution in [0.15, 0.2) is 40.6 Å². The third-order valence-electron chi connectivity index (χ3n) is 3.28. The molecule has 0 saturated carbocycles. The van der Waals surface area contributed by atoms with Crippen molar-refractivity contribution in [1.29, 1.82) is 0 Å². The molecule has 0 amide bonds. The van der Waals surface area contributed by atoms with Gasteiger partial charge >= 0.3 is 0 Å². The maximum atomic E-state index is 4.52. The lowest BCUT2D eigenvalue weighted by molar-refractivity contribution is 0.511. The molecule has 0 spiro atoms. The summed E-state index contributed by atoms with van der Waals surface area (Å²) in [6.07, 6.45) is 1.87. The number of allylic oxidation sites excluding steroid dienone is 4. The van der Waals surface area contributed by atoms with Crippen molar-refractivity contribution in [3.8, 4) is 0 Å². The number of aliphatic imine (C=N–C) groups is 1. The molecule has 0 bridgehead atoms. The van der Waals surface area contributed by atoms with Crippen molar-refractivity contribution < 1.29 is 0 Å². The van der Waals surface area contributed by atoms with Crippen molar-refractivity contribution >= 4 is 6.21 Å². The van der Waals surface area contributed by atoms with Gasteiger partial charge in [0.25, 0.3) is 0 Å². The van der Waals surface area contributed by atoms with Gasteiger partial charge in [0.05, 0.1) is 0 Å². The maximum absolute atomic E-state index is 4.52. The van der Waals surface area contributed by atoms with E-state index >= 15 is 0 Å². The van der Waals surface area contributed by atoms with Crippen LogP contribution in [0.5, 0.6) is 0 Å². The topological polar surface area (TPSA) is 12.4 Å². The second kappa shape index (κ2) is 5.69. The molecule has 0 N–H and O–H groups in total. The van der Waals surface area contributed by atoms with Crippen LogP contribution >= 0.6 is 0 Å². The highest BCUT2D eigenvalue weighted by Gasteiger charge is 2.17. The summed E-state index contributed by atoms with van der Waals surface area (Å²) >= 11 is 0. The van der Waals surface area contributed by atoms with Gasteiger partial charge in [-0.15, -0.1) is 0 Å². The van der Waals surface area contributed by atoms with Crippen molar-refractivity contribution in [2.45, 2.75) is 55.4 Å². The molecule has 0 aliphatic heterocycles. The Balaban J connectivity index is 5.07. The Morgan fingerprint density at radius 1 is 0.889 bits per heavy atom. The van der Waals surface area contributed by atoms with Gasteiger partial charge in [0.1, 0.15) is 0 Å². The van der Waals surface area contributed by atoms with Crippen LogP contribution in [0, 0.1) is 10.8 Å². The molecule has 0 fully saturated rings. The molecule has 0 aromatic rings. The fourth-order valence-corrected chi connectivity index (χ4v) is 1.25. The second-order valence-electron chi connectivity index (χ2n) is 6.97. The van der Waals surface area contributed by atoms with E-state index in [9.17, 15) is 0 Å². The molecule has 18 heavy (non-hydrogen) atoms. The number of rotatable bonds is 3. The second-order valence-corrected chi connectivity index (χ2v) is 6.97. The lowest BCUT2D eigenvalue weighted by Crippen LogP contribution is -2.11. The first-order valence-corrected chi connectivity index (χ1v) is 6.48. The van der Waals surface area contributed by atoms with Crippen molar-refractivity contribution in [1.82, 2.24) is 0 Å². The van der Waals surface area contributed by atoms with Crippen LogP contribution in [0.2, 0.25) is 0 Å². The molecule has 1 heteroatoms. The first-order chi connectivity index (χ1) is 7.87. The Kier molecular flexibility index (Phi) is 5.34. The van der Waals surface area contributed by atoms with Gasteiger partial charge in [0, 0.05) is 11.9 Å². The predicted octanol–water partition coefficient (Wildman–Crippen LogP) is 5.56. The molecule has 0 saturated heterocycles. The van der Waals surface area contributed by atoms with Crippen molar-refractivity contribution in [2.24, 2.45) is 15.8 Å². The van der Waals surface area contributed by atoms with E-state index < -0.39 is 0 Å². The largest absolute Gasteiger partial charge is 0.261 e. The average molecular weight is 247 g/mol. The summed E-state index contributed by atoms with van der Waals surface area (Å²) in [6, 6.07) is 0. The smallest absolute Gasteiger partial charge is 0.0404 e. The highest BCUT2D eigenvalue weighted by molar-refractivity contribution is 5.80. The molecule has 1 nitrogen and oxygen atoms in total. The molecule has 0 aromatic carbocycles. The summed E-state index contributed by atoms with van der Waals surface area (Å²) in [6.45, 7) is 25.3. The Bertz CT molecular complexity index is 392. The zero-order chi connectivity index (χ0) is 14.7. The summed E-state index contributed by atoms with van der Waals surface area (Å²) in [4.78, 5) is 4.52. The average Bonchev–Trinajstić information content (AvgIpc) is 2.20. The van der Waals surface area contributed by atoms with Crippen LogP contribution in [-0.2, 0) is 0 Å². The molecular formula is C17H29N. The number of nitrogens with zero attached hydrogens (tertiary/aromatic N) is 1. The zero-order valence-electron chi connectivity index (χ0n) is 13.4. The van der Waals surface area contributed by atoms with Crippen LogP contribution < -0.4 is 0 Å². The molecular weight excluding hydrogens is 218 g/mol. The minimum absolute atomic E-state index is 0.0682. The first kappa shape index (κ1) is 16.9. The Hall–Kier alpha value is -1.11. The Morgan fingerprint density at radius 3 is 1.67 bits per heavy atom. The van der Waals surface area contributed by atoms with Crippen LogP contribution in [0.4, 0.5) is 0 Å². The highest BCUT2D eigenvalue weighted by Crippen LogP contribution is 2.31. The van der Waals surface area contributed by atoms with Crippen molar-refractivity contribution in [2.75, 3.05) is 0 Å². The summed E-state index contributed by atoms with van der Waals surface area (Å²) in [5, 5.41) is 0. The lowest BCUT2D eigenvalue weighted by Gasteiger charge is -2.23. The van der Waals surface area contributed by atoms with Crippen LogP contribution in [0.3, 0.4) is 0 Å². The summed E-state index contributed by atoms with van der Waals surface area (Å²) in [7, 11) is 0. The van der Waals surface area contributed by atoms with Gasteiger partial charge in [-0.25, -0.2) is 0 Å². The van der Waals surface area contributed by atoms with Gasteiger partial charge in [-0.3, -0.25) is 4.99 Å². The SMILES string of the molecule is C=C(C=N/C(C)=C(\C)C(=C)C(C)(C)C)C(C)(C)C. The minimum Gasteiger partial charge on any atom is -0.261 e. The van der Waals surface area contributed by atoms with Gasteiger partial charge in [-0.05, 0) is 41.4 Å². The minimum atomic E-state index is 0.0682. The van der Waals surface area contributed by atoms with Gasteiger partial charge in [-0.2, -0.15) is 0 Å². The maximum Gasteiger partial charge on any atom is 0.0404 e. The van der Waals surface area contributed by atoms with Gasteiger partial charge in [0.2, 0.25) is 0 Å². The third kappa shape index (κ3) is 5.03. The number of hydrogen-bond donors (Lipinski definition) is 0. The molecule has 0 rings (SSSR count). The molecule has 102 valence electrons. The van der Waals surface area contributed by atoms with E-state index in [0.29, 0.717) is 0 Å². The standard InChI is InChI=1S/C17H29N/c1-12(16(5,6)7)11-18-15(4)13(2)14(3)17(8,9)10/h11H,1,3H2,2,4-10H3/b15-13+,18-11?. The first-order valence-electron chi connectivity index (χ1n) is 6.48. The summed E-state index contributed by atoms with van der Waals surface area (Å²) < 4.78 is 0. The molecule has 0 aliphatic rings. The quantitative estimate of drug-likeness (QED) is 0.457. The molecule has 0 atom stereocenters. The fourth-order valence-electron chi connectivity index (χ4n) is 1.25. The van der Waals surface area contributed by atoms with Crippen LogP contribution in [-0.4, -0.2) is 6.21 Å². The Morgan fingerprint density at radius 2 is 1.33 bits per heavy atom. The highest BCUT2D eigenvalue weighted by atomic mass is 14.7. The summed E-state index contributed by atoms with van der Waals surface area (Å²) in [5.74, 6) is 0. The molecule has 0 aliphatic carbocycles. The van der Waals surface area contributed by atoms with Gasteiger partial charge in [-0.1, -0.05) is 54.7 Å². The van der Waals surface area contributed by atoms with Gasteiger partial charge < -0.3 is 0 Å². The van der Waals surface area contributed by atoms with E-state index in [2.05, 4.69) is 66.6 Å². The van der Waals surface area contributed by atoms with Crippen molar-refractivity contribution in [3.63, 3.8) is 0 Å². The third-order valence-corrected chi connectivity index (χ3v) is 3.28. The Labute approximate surface area is 113 Å².